The highest BCUT2D eigenvalue weighted by Gasteiger charge is 2.26. The van der Waals surface area contributed by atoms with E-state index in [9.17, 15) is 10.2 Å². The number of aromatic hydroxyl groups is 1. The van der Waals surface area contributed by atoms with Gasteiger partial charge in [0.2, 0.25) is 5.75 Å². The molecule has 0 radical (unpaired) electrons. The molecule has 1 atom stereocenters. The average Bonchev–Trinajstić information content (AvgIpc) is 2.77. The molecule has 1 aliphatic heterocycles. The number of nitrogens with zero attached hydrogens (tertiary/aromatic N) is 2. The van der Waals surface area contributed by atoms with E-state index in [-0.39, 0.29) is 12.4 Å². The summed E-state index contributed by atoms with van der Waals surface area (Å²) in [6.07, 6.45) is 2.99. The van der Waals surface area contributed by atoms with Gasteiger partial charge in [-0.3, -0.25) is 9.80 Å². The van der Waals surface area contributed by atoms with Crippen molar-refractivity contribution >= 4 is 0 Å². The number of phenolic OH excluding ortho intramolecular Hbond substituents is 1. The number of ether oxygens (including phenoxy) is 2. The molecule has 164 valence electrons. The van der Waals surface area contributed by atoms with Crippen molar-refractivity contribution in [2.24, 2.45) is 0 Å². The summed E-state index contributed by atoms with van der Waals surface area (Å²) < 4.78 is 10.6. The first kappa shape index (κ1) is 22.4. The average molecular weight is 415 g/mol. The number of methoxy groups -OCH3 is 2. The number of aryl methyl sites for hydroxylation is 1. The molecule has 2 N–H and O–H groups in total. The monoisotopic (exact) mass is 414 g/mol. The Morgan fingerprint density at radius 3 is 2.33 bits per heavy atom. The van der Waals surface area contributed by atoms with Crippen LogP contribution in [0.4, 0.5) is 0 Å². The summed E-state index contributed by atoms with van der Waals surface area (Å²) in [4.78, 5) is 4.92. The number of rotatable bonds is 10. The lowest BCUT2D eigenvalue weighted by Gasteiger charge is -2.41. The highest BCUT2D eigenvalue weighted by atomic mass is 16.5. The highest BCUT2D eigenvalue weighted by molar-refractivity contribution is 5.52. The van der Waals surface area contributed by atoms with Crippen molar-refractivity contribution in [3.8, 4) is 17.2 Å². The largest absolute Gasteiger partial charge is 0.502 e. The van der Waals surface area contributed by atoms with E-state index in [1.165, 1.54) is 5.56 Å². The molecule has 6 heteroatoms. The van der Waals surface area contributed by atoms with Gasteiger partial charge in [0.25, 0.3) is 0 Å². The van der Waals surface area contributed by atoms with Crippen molar-refractivity contribution in [2.45, 2.75) is 31.8 Å². The first-order chi connectivity index (χ1) is 14.6. The van der Waals surface area contributed by atoms with E-state index in [2.05, 4.69) is 40.1 Å². The SMILES string of the molecule is COc1cc(CN2CCN(CCCc3ccccc3)[C@H](CCO)C2)cc(OC)c1O. The van der Waals surface area contributed by atoms with Crippen LogP contribution in [0, 0.1) is 0 Å². The number of hydrogen-bond donors (Lipinski definition) is 2. The molecular weight excluding hydrogens is 380 g/mol. The van der Waals surface area contributed by atoms with Crippen LogP contribution in [-0.4, -0.2) is 73.1 Å². The van der Waals surface area contributed by atoms with Crippen LogP contribution in [-0.2, 0) is 13.0 Å². The van der Waals surface area contributed by atoms with Gasteiger partial charge in [-0.25, -0.2) is 0 Å². The summed E-state index contributed by atoms with van der Waals surface area (Å²) >= 11 is 0. The lowest BCUT2D eigenvalue weighted by atomic mass is 10.1. The zero-order chi connectivity index (χ0) is 21.3. The molecule has 1 saturated heterocycles. The minimum absolute atomic E-state index is 0.0325. The van der Waals surface area contributed by atoms with Crippen LogP contribution in [0.1, 0.15) is 24.0 Å². The molecule has 0 bridgehead atoms. The van der Waals surface area contributed by atoms with Crippen molar-refractivity contribution < 1.29 is 19.7 Å². The zero-order valence-corrected chi connectivity index (χ0v) is 18.1. The third-order valence-electron chi connectivity index (χ3n) is 5.85. The van der Waals surface area contributed by atoms with Crippen molar-refractivity contribution in [3.05, 3.63) is 53.6 Å². The van der Waals surface area contributed by atoms with Gasteiger partial charge >= 0.3 is 0 Å². The van der Waals surface area contributed by atoms with E-state index in [1.807, 2.05) is 12.1 Å². The number of aliphatic hydroxyl groups is 1. The summed E-state index contributed by atoms with van der Waals surface area (Å²) in [5.41, 5.74) is 2.42. The van der Waals surface area contributed by atoms with E-state index >= 15 is 0 Å². The number of phenols is 1. The molecule has 2 aromatic carbocycles. The number of piperazine rings is 1. The lowest BCUT2D eigenvalue weighted by molar-refractivity contribution is 0.0546. The molecule has 1 heterocycles. The molecule has 30 heavy (non-hydrogen) atoms. The molecule has 1 fully saturated rings. The van der Waals surface area contributed by atoms with Crippen molar-refractivity contribution in [3.63, 3.8) is 0 Å². The van der Waals surface area contributed by atoms with Gasteiger partial charge in [-0.1, -0.05) is 30.3 Å². The van der Waals surface area contributed by atoms with Gasteiger partial charge in [0.1, 0.15) is 0 Å². The van der Waals surface area contributed by atoms with Crippen LogP contribution in [0.15, 0.2) is 42.5 Å². The summed E-state index contributed by atoms with van der Waals surface area (Å²) in [5.74, 6) is 0.886. The maximum Gasteiger partial charge on any atom is 0.200 e. The second-order valence-corrected chi connectivity index (χ2v) is 7.88. The Morgan fingerprint density at radius 1 is 1.00 bits per heavy atom. The predicted molar refractivity (Wildman–Crippen MR) is 118 cm³/mol. The van der Waals surface area contributed by atoms with Crippen LogP contribution in [0.2, 0.25) is 0 Å². The first-order valence-corrected chi connectivity index (χ1v) is 10.7. The summed E-state index contributed by atoms with van der Waals surface area (Å²) in [7, 11) is 3.09. The standard InChI is InChI=1S/C24H34N2O4/c1-29-22-15-20(16-23(30-2)24(22)28)17-25-12-13-26(21(18-25)10-14-27)11-6-9-19-7-4-3-5-8-19/h3-5,7-8,15-16,21,27-28H,6,9-14,17-18H2,1-2H3/t21-/m1/s1. The van der Waals surface area contributed by atoms with Gasteiger partial charge in [0, 0.05) is 38.8 Å². The fourth-order valence-corrected chi connectivity index (χ4v) is 4.25. The number of hydrogen-bond acceptors (Lipinski definition) is 6. The second kappa shape index (κ2) is 11.2. The van der Waals surface area contributed by atoms with Crippen molar-refractivity contribution in [1.29, 1.82) is 0 Å². The maximum absolute atomic E-state index is 10.1. The smallest absolute Gasteiger partial charge is 0.200 e. The van der Waals surface area contributed by atoms with E-state index in [1.54, 1.807) is 14.2 Å². The molecule has 0 saturated carbocycles. The Bertz CT molecular complexity index is 759. The topological polar surface area (TPSA) is 65.4 Å². The van der Waals surface area contributed by atoms with Crippen molar-refractivity contribution in [2.75, 3.05) is 47.0 Å². The van der Waals surface area contributed by atoms with Crippen LogP contribution >= 0.6 is 0 Å². The third kappa shape index (κ3) is 5.88. The quantitative estimate of drug-likeness (QED) is 0.623. The molecule has 2 aromatic rings. The summed E-state index contributed by atoms with van der Waals surface area (Å²) in [5, 5.41) is 19.7. The maximum atomic E-state index is 10.1. The summed E-state index contributed by atoms with van der Waals surface area (Å²) in [6.45, 7) is 4.89. The Kier molecular flexibility index (Phi) is 8.37. The molecule has 0 amide bonds. The Balaban J connectivity index is 1.58. The van der Waals surface area contributed by atoms with Crippen LogP contribution in [0.3, 0.4) is 0 Å². The minimum atomic E-state index is 0.0325. The van der Waals surface area contributed by atoms with Gasteiger partial charge in [-0.05, 0) is 49.1 Å². The van der Waals surface area contributed by atoms with Crippen LogP contribution < -0.4 is 9.47 Å². The summed E-state index contributed by atoms with van der Waals surface area (Å²) in [6, 6.07) is 14.7. The normalized spacial score (nSPS) is 17.8. The Morgan fingerprint density at radius 2 is 1.70 bits per heavy atom. The highest BCUT2D eigenvalue weighted by Crippen LogP contribution is 2.37. The zero-order valence-electron chi connectivity index (χ0n) is 18.1. The molecule has 0 aliphatic carbocycles. The number of benzene rings is 2. The predicted octanol–water partition coefficient (Wildman–Crippen LogP) is 2.91. The molecule has 1 aliphatic rings. The molecule has 0 spiro atoms. The van der Waals surface area contributed by atoms with Gasteiger partial charge < -0.3 is 19.7 Å². The first-order valence-electron chi connectivity index (χ1n) is 10.7. The molecular formula is C24H34N2O4. The third-order valence-corrected chi connectivity index (χ3v) is 5.85. The fraction of sp³-hybridized carbons (Fsp3) is 0.500. The van der Waals surface area contributed by atoms with Gasteiger partial charge in [-0.2, -0.15) is 0 Å². The van der Waals surface area contributed by atoms with E-state index in [0.717, 1.165) is 57.5 Å². The Labute approximate surface area is 179 Å². The van der Waals surface area contributed by atoms with Gasteiger partial charge in [-0.15, -0.1) is 0 Å². The molecule has 0 unspecified atom stereocenters. The van der Waals surface area contributed by atoms with E-state index in [4.69, 9.17) is 9.47 Å². The second-order valence-electron chi connectivity index (χ2n) is 7.88. The van der Waals surface area contributed by atoms with Gasteiger partial charge in [0.05, 0.1) is 14.2 Å². The van der Waals surface area contributed by atoms with E-state index < -0.39 is 0 Å². The van der Waals surface area contributed by atoms with Crippen LogP contribution in [0.25, 0.3) is 0 Å². The van der Waals surface area contributed by atoms with Crippen LogP contribution in [0.5, 0.6) is 17.2 Å². The number of aliphatic hydroxyl groups excluding tert-OH is 1. The lowest BCUT2D eigenvalue weighted by Crippen LogP contribution is -2.53. The van der Waals surface area contributed by atoms with Gasteiger partial charge in [0.15, 0.2) is 11.5 Å². The molecule has 3 rings (SSSR count). The fourth-order valence-electron chi connectivity index (χ4n) is 4.25. The Hall–Kier alpha value is -2.28. The molecule has 0 aromatic heterocycles. The van der Waals surface area contributed by atoms with Crippen molar-refractivity contribution in [1.82, 2.24) is 9.80 Å². The van der Waals surface area contributed by atoms with E-state index in [0.29, 0.717) is 17.5 Å². The minimum Gasteiger partial charge on any atom is -0.502 e. The molecule has 6 nitrogen and oxygen atoms in total.